The van der Waals surface area contributed by atoms with Crippen molar-refractivity contribution in [2.24, 2.45) is 11.8 Å². The molecule has 2 aliphatic carbocycles. The molecule has 178 valence electrons. The molecule has 2 aromatic rings. The molecular weight excluding hydrogens is 436 g/mol. The average Bonchev–Trinajstić information content (AvgIpc) is 3.41. The average molecular weight is 465 g/mol. The molecule has 0 radical (unpaired) electrons. The van der Waals surface area contributed by atoms with E-state index in [1.54, 1.807) is 0 Å². The minimum Gasteiger partial charge on any atom is -0.481 e. The Hall–Kier alpha value is -3.39. The Morgan fingerprint density at radius 3 is 2.21 bits per heavy atom. The third-order valence-corrected chi connectivity index (χ3v) is 7.11. The van der Waals surface area contributed by atoms with Crippen LogP contribution in [0.3, 0.4) is 0 Å². The van der Waals surface area contributed by atoms with Crippen molar-refractivity contribution in [1.82, 2.24) is 10.6 Å². The summed E-state index contributed by atoms with van der Waals surface area (Å²) in [7, 11) is 0. The number of amides is 2. The Bertz CT molecular complexity index is 1050. The van der Waals surface area contributed by atoms with Crippen molar-refractivity contribution in [3.63, 3.8) is 0 Å². The highest BCUT2D eigenvalue weighted by Gasteiger charge is 2.37. The summed E-state index contributed by atoms with van der Waals surface area (Å²) in [5, 5.41) is 14.7. The summed E-state index contributed by atoms with van der Waals surface area (Å²) in [5.74, 6) is -1.62. The zero-order valence-corrected chi connectivity index (χ0v) is 18.7. The van der Waals surface area contributed by atoms with Crippen LogP contribution in [0.1, 0.15) is 36.3 Å². The van der Waals surface area contributed by atoms with Gasteiger partial charge in [0.15, 0.2) is 0 Å². The summed E-state index contributed by atoms with van der Waals surface area (Å²) in [4.78, 5) is 35.7. The molecule has 2 aromatic carbocycles. The van der Waals surface area contributed by atoms with E-state index in [1.165, 1.54) is 11.1 Å². The molecule has 1 saturated carbocycles. The summed E-state index contributed by atoms with van der Waals surface area (Å²) >= 11 is 0. The van der Waals surface area contributed by atoms with Gasteiger partial charge in [-0.1, -0.05) is 48.5 Å². The van der Waals surface area contributed by atoms with E-state index in [1.807, 2.05) is 24.3 Å². The van der Waals surface area contributed by atoms with Gasteiger partial charge in [0.1, 0.15) is 6.61 Å². The predicted octanol–water partition coefficient (Wildman–Crippen LogP) is 2.91. The van der Waals surface area contributed by atoms with Crippen LogP contribution in [0.5, 0.6) is 0 Å². The van der Waals surface area contributed by atoms with Gasteiger partial charge in [0, 0.05) is 24.4 Å². The lowest BCUT2D eigenvalue weighted by Crippen LogP contribution is -2.50. The number of hydrogen-bond acceptors (Lipinski definition) is 5. The first kappa shape index (κ1) is 22.4. The monoisotopic (exact) mass is 464 g/mol. The molecule has 8 nitrogen and oxygen atoms in total. The molecule has 0 aromatic heterocycles. The number of hydrogen-bond donors (Lipinski definition) is 3. The molecule has 8 heteroatoms. The summed E-state index contributed by atoms with van der Waals surface area (Å²) < 4.78 is 11.0. The van der Waals surface area contributed by atoms with E-state index in [0.29, 0.717) is 25.8 Å². The fraction of sp³-hybridized carbons (Fsp3) is 0.423. The first-order valence-corrected chi connectivity index (χ1v) is 11.7. The number of carboxylic acid groups (broad SMARTS) is 1. The van der Waals surface area contributed by atoms with Crippen LogP contribution in [0.4, 0.5) is 4.79 Å². The van der Waals surface area contributed by atoms with Crippen LogP contribution in [-0.2, 0) is 19.1 Å². The number of carbonyl (C=O) groups is 3. The number of ether oxygens (including phenoxy) is 2. The number of benzene rings is 2. The maximum absolute atomic E-state index is 12.4. The maximum Gasteiger partial charge on any atom is 0.407 e. The van der Waals surface area contributed by atoms with E-state index < -0.39 is 18.0 Å². The molecule has 1 heterocycles. The summed E-state index contributed by atoms with van der Waals surface area (Å²) in [6.45, 7) is 0.754. The van der Waals surface area contributed by atoms with Crippen molar-refractivity contribution in [2.75, 3.05) is 19.8 Å². The smallest absolute Gasteiger partial charge is 0.407 e. The van der Waals surface area contributed by atoms with Crippen molar-refractivity contribution in [2.45, 2.75) is 37.3 Å². The first-order chi connectivity index (χ1) is 16.5. The lowest BCUT2D eigenvalue weighted by Gasteiger charge is -2.34. The van der Waals surface area contributed by atoms with Gasteiger partial charge in [-0.25, -0.2) is 4.79 Å². The molecule has 3 N–H and O–H groups in total. The third-order valence-electron chi connectivity index (χ3n) is 7.11. The van der Waals surface area contributed by atoms with E-state index in [-0.39, 0.29) is 43.1 Å². The Labute approximate surface area is 197 Å². The first-order valence-electron chi connectivity index (χ1n) is 11.7. The van der Waals surface area contributed by atoms with Crippen molar-refractivity contribution >= 4 is 18.0 Å². The minimum absolute atomic E-state index is 0.0107. The van der Waals surface area contributed by atoms with Crippen LogP contribution in [0.2, 0.25) is 0 Å². The second-order valence-electron chi connectivity index (χ2n) is 9.31. The number of carbonyl (C=O) groups excluding carboxylic acids is 2. The topological polar surface area (TPSA) is 114 Å². The standard InChI is InChI=1S/C26H28N2O6/c29-24(27-12-18-11-16(13-33-18)25(30)31)15-9-17(10-15)28-26(32)34-14-23-21-7-3-1-5-19(21)20-6-2-4-8-22(20)23/h1-8,15-18,23H,9-14H2,(H,27,29)(H,28,32)(H,30,31). The second-order valence-corrected chi connectivity index (χ2v) is 9.31. The fourth-order valence-corrected chi connectivity index (χ4v) is 5.14. The molecule has 2 fully saturated rings. The molecule has 2 atom stereocenters. The van der Waals surface area contributed by atoms with Gasteiger partial charge in [-0.05, 0) is 41.5 Å². The van der Waals surface area contributed by atoms with E-state index in [0.717, 1.165) is 11.1 Å². The normalized spacial score (nSPS) is 25.1. The number of fused-ring (bicyclic) bond motifs is 3. The Kier molecular flexibility index (Phi) is 6.24. The van der Waals surface area contributed by atoms with E-state index in [2.05, 4.69) is 34.9 Å². The fourth-order valence-electron chi connectivity index (χ4n) is 5.14. The van der Waals surface area contributed by atoms with Crippen molar-refractivity contribution < 1.29 is 29.0 Å². The highest BCUT2D eigenvalue weighted by molar-refractivity contribution is 5.81. The largest absolute Gasteiger partial charge is 0.481 e. The molecule has 1 saturated heterocycles. The van der Waals surface area contributed by atoms with Crippen LogP contribution in [0, 0.1) is 11.8 Å². The number of rotatable bonds is 7. The van der Waals surface area contributed by atoms with Gasteiger partial charge in [-0.15, -0.1) is 0 Å². The number of nitrogens with one attached hydrogen (secondary N) is 2. The highest BCUT2D eigenvalue weighted by Crippen LogP contribution is 2.44. The molecule has 3 aliphatic rings. The van der Waals surface area contributed by atoms with E-state index in [9.17, 15) is 14.4 Å². The predicted molar refractivity (Wildman–Crippen MR) is 123 cm³/mol. The minimum atomic E-state index is -0.866. The second kappa shape index (κ2) is 9.46. The Balaban J connectivity index is 1.05. The molecule has 1 aliphatic heterocycles. The van der Waals surface area contributed by atoms with E-state index >= 15 is 0 Å². The molecular formula is C26H28N2O6. The van der Waals surface area contributed by atoms with Crippen LogP contribution in [-0.4, -0.2) is 55.0 Å². The lowest BCUT2D eigenvalue weighted by atomic mass is 9.79. The summed E-state index contributed by atoms with van der Waals surface area (Å²) in [5.41, 5.74) is 4.69. The molecule has 0 bridgehead atoms. The Morgan fingerprint density at radius 1 is 0.941 bits per heavy atom. The van der Waals surface area contributed by atoms with Crippen molar-refractivity contribution in [1.29, 1.82) is 0 Å². The Morgan fingerprint density at radius 2 is 1.59 bits per heavy atom. The van der Waals surface area contributed by atoms with Crippen molar-refractivity contribution in [3.05, 3.63) is 59.7 Å². The summed E-state index contributed by atoms with van der Waals surface area (Å²) in [6, 6.07) is 16.3. The van der Waals surface area contributed by atoms with Gasteiger partial charge in [0.25, 0.3) is 0 Å². The van der Waals surface area contributed by atoms with Crippen LogP contribution in [0.15, 0.2) is 48.5 Å². The van der Waals surface area contributed by atoms with Gasteiger partial charge in [0.05, 0.1) is 18.6 Å². The van der Waals surface area contributed by atoms with Gasteiger partial charge in [-0.3, -0.25) is 9.59 Å². The van der Waals surface area contributed by atoms with E-state index in [4.69, 9.17) is 14.6 Å². The zero-order chi connectivity index (χ0) is 23.7. The zero-order valence-electron chi connectivity index (χ0n) is 18.7. The molecule has 34 heavy (non-hydrogen) atoms. The highest BCUT2D eigenvalue weighted by atomic mass is 16.5. The molecule has 5 rings (SSSR count). The van der Waals surface area contributed by atoms with Gasteiger partial charge in [0.2, 0.25) is 5.91 Å². The van der Waals surface area contributed by atoms with Gasteiger partial charge in [-0.2, -0.15) is 0 Å². The quantitative estimate of drug-likeness (QED) is 0.581. The van der Waals surface area contributed by atoms with Crippen molar-refractivity contribution in [3.8, 4) is 11.1 Å². The molecule has 0 spiro atoms. The number of carboxylic acids is 1. The van der Waals surface area contributed by atoms with Crippen LogP contribution in [0.25, 0.3) is 11.1 Å². The number of aliphatic carboxylic acids is 1. The third kappa shape index (κ3) is 4.50. The molecule has 2 unspecified atom stereocenters. The number of alkyl carbamates (subject to hydrolysis) is 1. The SMILES string of the molecule is O=C(NC1CC(C(=O)NCC2CC(C(=O)O)CO2)C1)OCC1c2ccccc2-c2ccccc21. The van der Waals surface area contributed by atoms with Crippen LogP contribution < -0.4 is 10.6 Å². The van der Waals surface area contributed by atoms with Gasteiger partial charge >= 0.3 is 12.1 Å². The van der Waals surface area contributed by atoms with Crippen LogP contribution >= 0.6 is 0 Å². The lowest BCUT2D eigenvalue weighted by molar-refractivity contribution is -0.141. The van der Waals surface area contributed by atoms with Gasteiger partial charge < -0.3 is 25.2 Å². The maximum atomic E-state index is 12.4. The summed E-state index contributed by atoms with van der Waals surface area (Å²) in [6.07, 6.45) is 0.787. The molecule has 2 amide bonds.